The SMILES string of the molecule is CO[C@@H]1[C@@H](O[C@@H]2O[C@H](C)[C@@H](O)[C@H](N)[C@H]2O)[C@@H](O)[C@H](O[C@@H]2[C@@H](O)[C@H](C)O[C@@H](O[C@@H]3[C@@H](O)[C@H](C)O[C@@H](O[C@@H]4[C@H](O)[C@H](O)[C@H](C)O[C@H]4O)[C@@H]3O)[C@@H]2O)O[C@H]1C. The van der Waals surface area contributed by atoms with E-state index < -0.39 is 153 Å². The first-order chi connectivity index (χ1) is 24.4. The highest BCUT2D eigenvalue weighted by molar-refractivity contribution is 4.98. The van der Waals surface area contributed by atoms with E-state index >= 15 is 0 Å². The van der Waals surface area contributed by atoms with E-state index in [2.05, 4.69) is 0 Å². The molecule has 304 valence electrons. The van der Waals surface area contributed by atoms with Gasteiger partial charge in [0.1, 0.15) is 79.4 Å². The van der Waals surface area contributed by atoms with Crippen LogP contribution in [0.25, 0.3) is 0 Å². The first-order valence-corrected chi connectivity index (χ1v) is 17.4. The van der Waals surface area contributed by atoms with Gasteiger partial charge in [-0.25, -0.2) is 0 Å². The Morgan fingerprint density at radius 1 is 0.365 bits per heavy atom. The average molecular weight is 762 g/mol. The van der Waals surface area contributed by atoms with Gasteiger partial charge in [-0.1, -0.05) is 0 Å². The first-order valence-electron chi connectivity index (χ1n) is 17.4. The van der Waals surface area contributed by atoms with Crippen LogP contribution in [-0.4, -0.2) is 212 Å². The molecule has 12 N–H and O–H groups in total. The Hall–Kier alpha value is -0.840. The van der Waals surface area contributed by atoms with E-state index in [1.54, 1.807) is 6.92 Å². The molecule has 21 nitrogen and oxygen atoms in total. The highest BCUT2D eigenvalue weighted by Crippen LogP contribution is 2.35. The fourth-order valence-corrected chi connectivity index (χ4v) is 7.09. The van der Waals surface area contributed by atoms with Gasteiger partial charge in [0.25, 0.3) is 0 Å². The molecule has 5 saturated heterocycles. The van der Waals surface area contributed by atoms with Gasteiger partial charge in [0.15, 0.2) is 31.5 Å². The van der Waals surface area contributed by atoms with Crippen molar-refractivity contribution < 1.29 is 98.4 Å². The highest BCUT2D eigenvalue weighted by Gasteiger charge is 2.55. The summed E-state index contributed by atoms with van der Waals surface area (Å²) in [5, 5.41) is 108. The summed E-state index contributed by atoms with van der Waals surface area (Å²) in [6, 6.07) is -1.13. The maximum absolute atomic E-state index is 11.4. The number of nitrogens with two attached hydrogens (primary N) is 1. The average Bonchev–Trinajstić information content (AvgIpc) is 3.09. The summed E-state index contributed by atoms with van der Waals surface area (Å²) < 4.78 is 56.8. The fourth-order valence-electron chi connectivity index (χ4n) is 7.09. The van der Waals surface area contributed by atoms with Gasteiger partial charge in [-0.15, -0.1) is 0 Å². The summed E-state index contributed by atoms with van der Waals surface area (Å²) in [5.41, 5.74) is 5.94. The molecule has 0 saturated carbocycles. The molecular formula is C31H55NO20. The Labute approximate surface area is 299 Å². The van der Waals surface area contributed by atoms with Crippen LogP contribution in [0, 0.1) is 0 Å². The van der Waals surface area contributed by atoms with E-state index in [0.29, 0.717) is 0 Å². The fraction of sp³-hybridized carbons (Fsp3) is 1.00. The van der Waals surface area contributed by atoms with Gasteiger partial charge in [0.05, 0.1) is 42.7 Å². The summed E-state index contributed by atoms with van der Waals surface area (Å²) in [7, 11) is 1.34. The van der Waals surface area contributed by atoms with Gasteiger partial charge >= 0.3 is 0 Å². The lowest BCUT2D eigenvalue weighted by Crippen LogP contribution is -2.67. The smallest absolute Gasteiger partial charge is 0.187 e. The van der Waals surface area contributed by atoms with Crippen LogP contribution in [0.3, 0.4) is 0 Å². The molecule has 5 aliphatic rings. The van der Waals surface area contributed by atoms with Gasteiger partial charge in [0.2, 0.25) is 0 Å². The Morgan fingerprint density at radius 3 is 1.21 bits per heavy atom. The van der Waals surface area contributed by atoms with Crippen LogP contribution in [0.15, 0.2) is 0 Å². The third kappa shape index (κ3) is 8.31. The van der Waals surface area contributed by atoms with E-state index in [1.807, 2.05) is 0 Å². The number of hydrogen-bond donors (Lipinski definition) is 11. The standard InChI is InChI=1S/C31H55NO20/c1-7-13(33)12(32)17(37)28(45-7)51-25-21(41)31(48-11(5)22(25)43-6)50-23-15(35)9(3)46-29(19(23)39)49-24-16(36)10(4)47-30(20(24)40)52-26-18(38)14(34)8(2)44-27(26)42/h7-31,33-42H,32H2,1-6H3/t7-,8+,9+,10+,11+,12+,13-,14-,15+,16+,17-,18-,19-,20-,21-,22+,23-,24-,25+,26-,27-,28+,29+,30+,31+/m1/s1. The van der Waals surface area contributed by atoms with Crippen LogP contribution in [0.4, 0.5) is 0 Å². The van der Waals surface area contributed by atoms with E-state index in [9.17, 15) is 51.1 Å². The molecule has 21 heteroatoms. The monoisotopic (exact) mass is 761 g/mol. The summed E-state index contributed by atoms with van der Waals surface area (Å²) in [6.07, 6.45) is -34.0. The minimum Gasteiger partial charge on any atom is -0.389 e. The van der Waals surface area contributed by atoms with Crippen LogP contribution in [0.5, 0.6) is 0 Å². The molecule has 5 rings (SSSR count). The molecule has 5 aliphatic heterocycles. The van der Waals surface area contributed by atoms with Crippen LogP contribution in [-0.2, 0) is 47.4 Å². The van der Waals surface area contributed by atoms with Crippen molar-refractivity contribution in [3.63, 3.8) is 0 Å². The molecule has 0 aromatic heterocycles. The summed E-state index contributed by atoms with van der Waals surface area (Å²) in [4.78, 5) is 0. The van der Waals surface area contributed by atoms with E-state index in [-0.39, 0.29) is 0 Å². The molecule has 5 fully saturated rings. The largest absolute Gasteiger partial charge is 0.389 e. The Morgan fingerprint density at radius 2 is 0.731 bits per heavy atom. The molecule has 0 aromatic rings. The van der Waals surface area contributed by atoms with Crippen LogP contribution >= 0.6 is 0 Å². The second kappa shape index (κ2) is 17.1. The lowest BCUT2D eigenvalue weighted by atomic mass is 9.95. The predicted molar refractivity (Wildman–Crippen MR) is 166 cm³/mol. The molecule has 5 heterocycles. The van der Waals surface area contributed by atoms with E-state index in [0.717, 1.165) is 0 Å². The number of rotatable bonds is 9. The van der Waals surface area contributed by atoms with Gasteiger partial charge < -0.3 is 104 Å². The topological polar surface area (TPSA) is 321 Å². The lowest BCUT2D eigenvalue weighted by Gasteiger charge is -2.49. The van der Waals surface area contributed by atoms with Gasteiger partial charge in [-0.05, 0) is 34.6 Å². The van der Waals surface area contributed by atoms with Gasteiger partial charge in [-0.2, -0.15) is 0 Å². The minimum atomic E-state index is -1.84. The molecular weight excluding hydrogens is 706 g/mol. The predicted octanol–water partition coefficient (Wildman–Crippen LogP) is -6.17. The Kier molecular flexibility index (Phi) is 13.9. The summed E-state index contributed by atoms with van der Waals surface area (Å²) in [6.45, 7) is 7.39. The Bertz CT molecular complexity index is 1150. The van der Waals surface area contributed by atoms with Crippen molar-refractivity contribution in [3.05, 3.63) is 0 Å². The minimum absolute atomic E-state index is 0.828. The third-order valence-electron chi connectivity index (χ3n) is 10.5. The maximum Gasteiger partial charge on any atom is 0.187 e. The maximum atomic E-state index is 11.4. The van der Waals surface area contributed by atoms with E-state index in [4.69, 9.17) is 53.1 Å². The quantitative estimate of drug-likeness (QED) is 0.104. The lowest BCUT2D eigenvalue weighted by molar-refractivity contribution is -0.391. The summed E-state index contributed by atoms with van der Waals surface area (Å²) in [5.74, 6) is 0. The van der Waals surface area contributed by atoms with Crippen molar-refractivity contribution in [3.8, 4) is 0 Å². The number of ether oxygens (including phenoxy) is 10. The molecule has 0 bridgehead atoms. The zero-order valence-electron chi connectivity index (χ0n) is 29.6. The van der Waals surface area contributed by atoms with Crippen molar-refractivity contribution in [2.75, 3.05) is 7.11 Å². The number of methoxy groups -OCH3 is 1. The van der Waals surface area contributed by atoms with Crippen molar-refractivity contribution in [1.29, 1.82) is 0 Å². The highest BCUT2D eigenvalue weighted by atomic mass is 16.8. The molecule has 52 heavy (non-hydrogen) atoms. The molecule has 0 aliphatic carbocycles. The van der Waals surface area contributed by atoms with Crippen molar-refractivity contribution in [1.82, 2.24) is 0 Å². The number of aliphatic hydroxyl groups excluding tert-OH is 10. The van der Waals surface area contributed by atoms with Crippen molar-refractivity contribution >= 4 is 0 Å². The first kappa shape index (κ1) is 42.3. The second-order valence-electron chi connectivity index (χ2n) is 14.2. The van der Waals surface area contributed by atoms with Crippen molar-refractivity contribution in [2.45, 2.75) is 188 Å². The number of aliphatic hydroxyl groups is 10. The Balaban J connectivity index is 1.29. The molecule has 0 amide bonds. The van der Waals surface area contributed by atoms with Crippen LogP contribution in [0.2, 0.25) is 0 Å². The molecule has 0 spiro atoms. The van der Waals surface area contributed by atoms with Gasteiger partial charge in [-0.3, -0.25) is 0 Å². The molecule has 0 radical (unpaired) electrons. The third-order valence-corrected chi connectivity index (χ3v) is 10.5. The molecule has 0 unspecified atom stereocenters. The zero-order valence-corrected chi connectivity index (χ0v) is 29.6. The van der Waals surface area contributed by atoms with Crippen LogP contribution in [0.1, 0.15) is 34.6 Å². The summed E-state index contributed by atoms with van der Waals surface area (Å²) >= 11 is 0. The normalized spacial score (nSPS) is 56.4. The molecule has 0 aromatic carbocycles. The van der Waals surface area contributed by atoms with Crippen molar-refractivity contribution in [2.24, 2.45) is 5.73 Å². The van der Waals surface area contributed by atoms with Gasteiger partial charge in [0, 0.05) is 7.11 Å². The number of hydrogen-bond acceptors (Lipinski definition) is 21. The molecule has 25 atom stereocenters. The zero-order chi connectivity index (χ0) is 38.5. The second-order valence-corrected chi connectivity index (χ2v) is 14.2. The van der Waals surface area contributed by atoms with Crippen LogP contribution < -0.4 is 5.73 Å². The van der Waals surface area contributed by atoms with E-state index in [1.165, 1.54) is 34.8 Å².